The third-order valence-electron chi connectivity index (χ3n) is 2.90. The lowest BCUT2D eigenvalue weighted by atomic mass is 10.3. The Morgan fingerprint density at radius 2 is 2.20 bits per heavy atom. The number of methoxy groups -OCH3 is 1. The largest absolute Gasteiger partial charge is 0.481 e. The molecule has 2 rings (SSSR count). The lowest BCUT2D eigenvalue weighted by Gasteiger charge is -2.08. The molecule has 0 atom stereocenters. The van der Waals surface area contributed by atoms with E-state index in [0.29, 0.717) is 11.6 Å². The highest BCUT2D eigenvalue weighted by Gasteiger charge is 2.07. The van der Waals surface area contributed by atoms with Crippen LogP contribution in [-0.2, 0) is 0 Å². The third-order valence-corrected chi connectivity index (χ3v) is 2.90. The fraction of sp³-hybridized carbons (Fsp3) is 0.0588. The Morgan fingerprint density at radius 1 is 1.40 bits per heavy atom. The van der Waals surface area contributed by atoms with Crippen LogP contribution in [0.25, 0.3) is 0 Å². The van der Waals surface area contributed by atoms with Gasteiger partial charge < -0.3 is 15.8 Å². The molecular formula is C17H17FN6O. The highest BCUT2D eigenvalue weighted by molar-refractivity contribution is 6.12. The summed E-state index contributed by atoms with van der Waals surface area (Å²) in [5, 5.41) is 10.9. The van der Waals surface area contributed by atoms with Crippen molar-refractivity contribution in [2.45, 2.75) is 0 Å². The number of hydrogen-bond acceptors (Lipinski definition) is 5. The normalized spacial score (nSPS) is 11.4. The van der Waals surface area contributed by atoms with Crippen LogP contribution < -0.4 is 15.8 Å². The van der Waals surface area contributed by atoms with Gasteiger partial charge in [-0.2, -0.15) is 0 Å². The summed E-state index contributed by atoms with van der Waals surface area (Å²) < 4.78 is 18.8. The van der Waals surface area contributed by atoms with Crippen LogP contribution in [0.4, 0.5) is 10.1 Å². The summed E-state index contributed by atoms with van der Waals surface area (Å²) in [5.74, 6) is -0.145. The number of ether oxygens (including phenoxy) is 1. The molecule has 0 aliphatic carbocycles. The minimum Gasteiger partial charge on any atom is -0.481 e. The van der Waals surface area contributed by atoms with Gasteiger partial charge in [0, 0.05) is 18.0 Å². The van der Waals surface area contributed by atoms with E-state index in [2.05, 4.69) is 26.9 Å². The van der Waals surface area contributed by atoms with Crippen molar-refractivity contribution in [3.63, 3.8) is 0 Å². The van der Waals surface area contributed by atoms with E-state index in [1.54, 1.807) is 18.2 Å². The molecule has 0 unspecified atom stereocenters. The van der Waals surface area contributed by atoms with Crippen LogP contribution in [0.3, 0.4) is 0 Å². The van der Waals surface area contributed by atoms with E-state index < -0.39 is 5.82 Å². The molecule has 0 bridgehead atoms. The Labute approximate surface area is 144 Å². The van der Waals surface area contributed by atoms with Gasteiger partial charge in [-0.15, -0.1) is 0 Å². The lowest BCUT2D eigenvalue weighted by Crippen LogP contribution is -2.14. The van der Waals surface area contributed by atoms with Crippen molar-refractivity contribution >= 4 is 17.4 Å². The van der Waals surface area contributed by atoms with Gasteiger partial charge in [0.2, 0.25) is 5.88 Å². The number of aliphatic imine (C=N–C) groups is 1. The second-order valence-electron chi connectivity index (χ2n) is 4.80. The van der Waals surface area contributed by atoms with Gasteiger partial charge in [-0.25, -0.2) is 14.4 Å². The SMILES string of the molecule is C=C(N)/C=C/C(=N\C(=N)c1cccc(OC)n1)Nc1ccncc1F. The van der Waals surface area contributed by atoms with E-state index in [1.807, 2.05) is 0 Å². The monoisotopic (exact) mass is 340 g/mol. The molecule has 0 amide bonds. The van der Waals surface area contributed by atoms with E-state index in [1.165, 1.54) is 31.5 Å². The van der Waals surface area contributed by atoms with Crippen LogP contribution >= 0.6 is 0 Å². The molecule has 7 nitrogen and oxygen atoms in total. The minimum atomic E-state index is -0.554. The molecule has 4 N–H and O–H groups in total. The van der Waals surface area contributed by atoms with Crippen LogP contribution in [-0.4, -0.2) is 28.7 Å². The highest BCUT2D eigenvalue weighted by atomic mass is 19.1. The summed E-state index contributed by atoms with van der Waals surface area (Å²) in [5.41, 5.74) is 6.26. The van der Waals surface area contributed by atoms with Crippen molar-refractivity contribution in [2.75, 3.05) is 12.4 Å². The zero-order chi connectivity index (χ0) is 18.2. The third kappa shape index (κ3) is 5.24. The molecule has 2 heterocycles. The molecule has 0 aliphatic heterocycles. The maximum atomic E-state index is 13.8. The molecule has 0 radical (unpaired) electrons. The quantitative estimate of drug-likeness (QED) is 0.440. The van der Waals surface area contributed by atoms with Crippen molar-refractivity contribution in [1.29, 1.82) is 5.41 Å². The minimum absolute atomic E-state index is 0.136. The number of nitrogens with zero attached hydrogens (tertiary/aromatic N) is 3. The Balaban J connectivity index is 2.33. The van der Waals surface area contributed by atoms with Gasteiger partial charge >= 0.3 is 0 Å². The van der Waals surface area contributed by atoms with Gasteiger partial charge in [-0.3, -0.25) is 10.4 Å². The average molecular weight is 340 g/mol. The number of hydrogen-bond donors (Lipinski definition) is 3. The molecule has 8 heteroatoms. The van der Waals surface area contributed by atoms with Gasteiger partial charge in [0.25, 0.3) is 0 Å². The second kappa shape index (κ2) is 8.34. The molecule has 2 aromatic heterocycles. The molecule has 128 valence electrons. The van der Waals surface area contributed by atoms with Gasteiger partial charge in [0.1, 0.15) is 11.5 Å². The fourth-order valence-corrected chi connectivity index (χ4v) is 1.75. The first-order valence-electron chi connectivity index (χ1n) is 7.17. The zero-order valence-electron chi connectivity index (χ0n) is 13.5. The number of rotatable bonds is 5. The zero-order valence-corrected chi connectivity index (χ0v) is 13.5. The van der Waals surface area contributed by atoms with E-state index in [0.717, 1.165) is 6.20 Å². The number of amidine groups is 2. The summed E-state index contributed by atoms with van der Waals surface area (Å²) in [6.45, 7) is 3.55. The number of allylic oxidation sites excluding steroid dienone is 1. The van der Waals surface area contributed by atoms with Crippen molar-refractivity contribution in [3.8, 4) is 5.88 Å². The molecule has 25 heavy (non-hydrogen) atoms. The number of aromatic nitrogens is 2. The summed E-state index contributed by atoms with van der Waals surface area (Å²) in [7, 11) is 1.48. The highest BCUT2D eigenvalue weighted by Crippen LogP contribution is 2.12. The van der Waals surface area contributed by atoms with Gasteiger partial charge in [0.05, 0.1) is 19.0 Å². The maximum absolute atomic E-state index is 13.8. The van der Waals surface area contributed by atoms with E-state index in [9.17, 15) is 4.39 Å². The Hall–Kier alpha value is -3.55. The molecule has 2 aromatic rings. The first-order valence-corrected chi connectivity index (χ1v) is 7.17. The van der Waals surface area contributed by atoms with Crippen molar-refractivity contribution < 1.29 is 9.13 Å². The van der Waals surface area contributed by atoms with Crippen molar-refractivity contribution in [3.05, 3.63) is 72.6 Å². The van der Waals surface area contributed by atoms with E-state index in [-0.39, 0.29) is 23.1 Å². The van der Waals surface area contributed by atoms with Gasteiger partial charge in [-0.1, -0.05) is 12.6 Å². The molecule has 0 aromatic carbocycles. The Bertz CT molecular complexity index is 847. The summed E-state index contributed by atoms with van der Waals surface area (Å²) >= 11 is 0. The first kappa shape index (κ1) is 17.8. The molecule has 0 spiro atoms. The Morgan fingerprint density at radius 3 is 2.88 bits per heavy atom. The molecule has 0 saturated heterocycles. The standard InChI is InChI=1S/C17H17FN6O/c1-11(19)6-7-15(22-13-8-9-21-10-12(13)18)24-17(20)14-4-3-5-16(23-14)25-2/h3-10H,1,19H2,2H3,(H2,20,21,22,24)/b7-6+. The Kier molecular flexibility index (Phi) is 5.94. The number of anilines is 1. The van der Waals surface area contributed by atoms with Crippen molar-refractivity contribution in [2.24, 2.45) is 10.7 Å². The van der Waals surface area contributed by atoms with Gasteiger partial charge in [0.15, 0.2) is 11.7 Å². The summed E-state index contributed by atoms with van der Waals surface area (Å²) in [6.07, 6.45) is 5.47. The number of pyridine rings is 2. The van der Waals surface area contributed by atoms with Crippen LogP contribution in [0, 0.1) is 11.2 Å². The lowest BCUT2D eigenvalue weighted by molar-refractivity contribution is 0.397. The van der Waals surface area contributed by atoms with Crippen molar-refractivity contribution in [1.82, 2.24) is 9.97 Å². The molecule has 0 fully saturated rings. The van der Waals surface area contributed by atoms with Crippen LogP contribution in [0.2, 0.25) is 0 Å². The van der Waals surface area contributed by atoms with E-state index >= 15 is 0 Å². The predicted molar refractivity (Wildman–Crippen MR) is 95.3 cm³/mol. The number of nitrogens with one attached hydrogen (secondary N) is 2. The fourth-order valence-electron chi connectivity index (χ4n) is 1.75. The number of nitrogens with two attached hydrogens (primary N) is 1. The summed E-state index contributed by atoms with van der Waals surface area (Å²) in [6, 6.07) is 6.41. The average Bonchev–Trinajstić information content (AvgIpc) is 2.61. The maximum Gasteiger partial charge on any atom is 0.213 e. The summed E-state index contributed by atoms with van der Waals surface area (Å²) in [4.78, 5) is 11.9. The first-order chi connectivity index (χ1) is 12.0. The smallest absolute Gasteiger partial charge is 0.213 e. The number of halogens is 1. The topological polar surface area (TPSA) is 109 Å². The molecule has 0 aliphatic rings. The molecule has 0 saturated carbocycles. The second-order valence-corrected chi connectivity index (χ2v) is 4.80. The van der Waals surface area contributed by atoms with Gasteiger partial charge in [-0.05, 0) is 24.3 Å². The van der Waals surface area contributed by atoms with E-state index in [4.69, 9.17) is 15.9 Å². The van der Waals surface area contributed by atoms with Crippen LogP contribution in [0.15, 0.2) is 66.1 Å². The predicted octanol–water partition coefficient (Wildman–Crippen LogP) is 2.49. The van der Waals surface area contributed by atoms with Crippen LogP contribution in [0.1, 0.15) is 5.69 Å². The molecular weight excluding hydrogens is 323 g/mol. The van der Waals surface area contributed by atoms with Crippen LogP contribution in [0.5, 0.6) is 5.88 Å².